The van der Waals surface area contributed by atoms with Crippen LogP contribution in [0, 0.1) is 17.8 Å². The number of aliphatic carboxylic acids is 2. The molecule has 4 heteroatoms. The molecule has 0 radical (unpaired) electrons. The van der Waals surface area contributed by atoms with E-state index in [1.165, 1.54) is 0 Å². The van der Waals surface area contributed by atoms with Crippen molar-refractivity contribution in [2.75, 3.05) is 0 Å². The Bertz CT molecular complexity index is 233. The standard InChI is InChI=1S/C8H10O4/c1-2-3-4-6(8(11)12)5-7(9)10/h6H,2,5H2,1H3,(H,9,10)(H,11,12). The quantitative estimate of drug-likeness (QED) is 0.607. The molecule has 1 unspecified atom stereocenters. The summed E-state index contributed by atoms with van der Waals surface area (Å²) in [4.78, 5) is 20.5. The van der Waals surface area contributed by atoms with Crippen molar-refractivity contribution in [2.24, 2.45) is 5.92 Å². The van der Waals surface area contributed by atoms with Crippen molar-refractivity contribution < 1.29 is 19.8 Å². The van der Waals surface area contributed by atoms with Crippen molar-refractivity contribution in [3.05, 3.63) is 0 Å². The van der Waals surface area contributed by atoms with Crippen LogP contribution in [0.1, 0.15) is 19.8 Å². The zero-order chi connectivity index (χ0) is 9.56. The van der Waals surface area contributed by atoms with E-state index in [1.807, 2.05) is 0 Å². The second-order valence-electron chi connectivity index (χ2n) is 2.16. The lowest BCUT2D eigenvalue weighted by molar-refractivity contribution is -0.146. The molecule has 2 N–H and O–H groups in total. The Morgan fingerprint density at radius 2 is 2.00 bits per heavy atom. The Morgan fingerprint density at radius 1 is 1.42 bits per heavy atom. The zero-order valence-corrected chi connectivity index (χ0v) is 6.70. The molecule has 0 aromatic rings. The van der Waals surface area contributed by atoms with Gasteiger partial charge in [0.05, 0.1) is 6.42 Å². The first-order valence-electron chi connectivity index (χ1n) is 3.51. The highest BCUT2D eigenvalue weighted by Crippen LogP contribution is 2.01. The number of hydrogen-bond donors (Lipinski definition) is 2. The van der Waals surface area contributed by atoms with Gasteiger partial charge in [-0.15, -0.1) is 5.92 Å². The molecule has 12 heavy (non-hydrogen) atoms. The van der Waals surface area contributed by atoms with Gasteiger partial charge in [-0.1, -0.05) is 12.8 Å². The van der Waals surface area contributed by atoms with E-state index in [0.29, 0.717) is 6.42 Å². The molecule has 0 aliphatic heterocycles. The summed E-state index contributed by atoms with van der Waals surface area (Å²) in [5.41, 5.74) is 0. The Balaban J connectivity index is 4.24. The minimum absolute atomic E-state index is 0.442. The summed E-state index contributed by atoms with van der Waals surface area (Å²) in [6.07, 6.45) is 0.0890. The minimum atomic E-state index is -1.18. The average Bonchev–Trinajstić information content (AvgIpc) is 1.96. The number of hydrogen-bond acceptors (Lipinski definition) is 2. The van der Waals surface area contributed by atoms with Crippen LogP contribution in [0.4, 0.5) is 0 Å². The van der Waals surface area contributed by atoms with E-state index in [0.717, 1.165) is 0 Å². The van der Waals surface area contributed by atoms with Gasteiger partial charge in [0.25, 0.3) is 0 Å². The first kappa shape index (κ1) is 10.5. The molecule has 0 bridgehead atoms. The molecule has 4 nitrogen and oxygen atoms in total. The number of carboxylic acid groups (broad SMARTS) is 2. The summed E-state index contributed by atoms with van der Waals surface area (Å²) < 4.78 is 0. The van der Waals surface area contributed by atoms with Crippen molar-refractivity contribution in [3.8, 4) is 11.8 Å². The fraction of sp³-hybridized carbons (Fsp3) is 0.500. The molecule has 0 amide bonds. The summed E-state index contributed by atoms with van der Waals surface area (Å²) in [7, 11) is 0. The summed E-state index contributed by atoms with van der Waals surface area (Å²) in [5, 5.41) is 16.8. The highest BCUT2D eigenvalue weighted by molar-refractivity contribution is 5.80. The largest absolute Gasteiger partial charge is 0.481 e. The molecule has 1 atom stereocenters. The summed E-state index contributed by atoms with van der Waals surface area (Å²) in [6.45, 7) is 1.77. The Hall–Kier alpha value is -1.50. The monoisotopic (exact) mass is 170 g/mol. The summed E-state index contributed by atoms with van der Waals surface area (Å²) >= 11 is 0. The molecule has 0 saturated carbocycles. The SMILES string of the molecule is CCC#CC(CC(=O)O)C(=O)O. The first-order valence-corrected chi connectivity index (χ1v) is 3.51. The van der Waals surface area contributed by atoms with Crippen molar-refractivity contribution in [1.82, 2.24) is 0 Å². The van der Waals surface area contributed by atoms with Gasteiger partial charge in [-0.3, -0.25) is 9.59 Å². The number of rotatable bonds is 3. The van der Waals surface area contributed by atoms with Gasteiger partial charge in [-0.25, -0.2) is 0 Å². The Labute approximate surface area is 70.2 Å². The zero-order valence-electron chi connectivity index (χ0n) is 6.70. The second-order valence-corrected chi connectivity index (χ2v) is 2.16. The molecule has 0 aromatic heterocycles. The maximum Gasteiger partial charge on any atom is 0.319 e. The third-order valence-electron chi connectivity index (χ3n) is 1.13. The van der Waals surface area contributed by atoms with Gasteiger partial charge in [0.2, 0.25) is 0 Å². The highest BCUT2D eigenvalue weighted by Gasteiger charge is 2.17. The lowest BCUT2D eigenvalue weighted by Gasteiger charge is -1.99. The fourth-order valence-corrected chi connectivity index (χ4v) is 0.600. The van der Waals surface area contributed by atoms with Crippen molar-refractivity contribution >= 4 is 11.9 Å². The number of carboxylic acids is 2. The predicted molar refractivity (Wildman–Crippen MR) is 41.4 cm³/mol. The van der Waals surface area contributed by atoms with Crippen LogP contribution in [0.15, 0.2) is 0 Å². The van der Waals surface area contributed by atoms with E-state index in [1.54, 1.807) is 6.92 Å². The maximum atomic E-state index is 10.4. The third-order valence-corrected chi connectivity index (χ3v) is 1.13. The maximum absolute atomic E-state index is 10.4. The molecule has 0 rings (SSSR count). The Morgan fingerprint density at radius 3 is 2.33 bits per heavy atom. The van der Waals surface area contributed by atoms with Gasteiger partial charge < -0.3 is 10.2 Å². The molecule has 0 aliphatic rings. The smallest absolute Gasteiger partial charge is 0.319 e. The molecular formula is C8H10O4. The van der Waals surface area contributed by atoms with Crippen molar-refractivity contribution in [3.63, 3.8) is 0 Å². The van der Waals surface area contributed by atoms with Crippen molar-refractivity contribution in [1.29, 1.82) is 0 Å². The number of carbonyl (C=O) groups is 2. The lowest BCUT2D eigenvalue weighted by Crippen LogP contribution is -2.15. The topological polar surface area (TPSA) is 74.6 Å². The van der Waals surface area contributed by atoms with Crippen LogP contribution < -0.4 is 0 Å². The minimum Gasteiger partial charge on any atom is -0.481 e. The molecule has 0 aliphatic carbocycles. The van der Waals surface area contributed by atoms with Crippen LogP contribution in [0.3, 0.4) is 0 Å². The van der Waals surface area contributed by atoms with E-state index >= 15 is 0 Å². The molecule has 66 valence electrons. The van der Waals surface area contributed by atoms with Crippen LogP contribution in [-0.4, -0.2) is 22.2 Å². The summed E-state index contributed by atoms with van der Waals surface area (Å²) in [5.74, 6) is 1.50. The van der Waals surface area contributed by atoms with Gasteiger partial charge in [0.1, 0.15) is 5.92 Å². The molecular weight excluding hydrogens is 160 g/mol. The third kappa shape index (κ3) is 4.34. The van der Waals surface area contributed by atoms with Crippen molar-refractivity contribution in [2.45, 2.75) is 19.8 Å². The van der Waals surface area contributed by atoms with Gasteiger partial charge in [-0.05, 0) is 0 Å². The molecule has 0 saturated heterocycles. The van der Waals surface area contributed by atoms with E-state index in [9.17, 15) is 9.59 Å². The van der Waals surface area contributed by atoms with Gasteiger partial charge in [0.15, 0.2) is 0 Å². The highest BCUT2D eigenvalue weighted by atomic mass is 16.4. The van der Waals surface area contributed by atoms with Gasteiger partial charge in [-0.2, -0.15) is 0 Å². The molecule has 0 aromatic carbocycles. The molecule has 0 heterocycles. The van der Waals surface area contributed by atoms with Crippen LogP contribution in [0.2, 0.25) is 0 Å². The fourth-order valence-electron chi connectivity index (χ4n) is 0.600. The van der Waals surface area contributed by atoms with Crippen LogP contribution in [0.25, 0.3) is 0 Å². The first-order chi connectivity index (χ1) is 5.57. The van der Waals surface area contributed by atoms with Gasteiger partial charge >= 0.3 is 11.9 Å². The van der Waals surface area contributed by atoms with E-state index in [2.05, 4.69) is 11.8 Å². The Kier molecular flexibility index (Phi) is 4.54. The van der Waals surface area contributed by atoms with Crippen LogP contribution >= 0.6 is 0 Å². The second kappa shape index (κ2) is 5.19. The normalized spacial score (nSPS) is 11.1. The van der Waals surface area contributed by atoms with E-state index in [-0.39, 0.29) is 0 Å². The predicted octanol–water partition coefficient (Wildman–Crippen LogP) is 0.575. The summed E-state index contributed by atoms with van der Waals surface area (Å²) in [6, 6.07) is 0. The van der Waals surface area contributed by atoms with Crippen LogP contribution in [-0.2, 0) is 9.59 Å². The molecule has 0 fully saturated rings. The van der Waals surface area contributed by atoms with Gasteiger partial charge in [0, 0.05) is 6.42 Å². The van der Waals surface area contributed by atoms with Crippen LogP contribution in [0.5, 0.6) is 0 Å². The van der Waals surface area contributed by atoms with E-state index < -0.39 is 24.3 Å². The average molecular weight is 170 g/mol. The molecule has 0 spiro atoms. The van der Waals surface area contributed by atoms with E-state index in [4.69, 9.17) is 10.2 Å². The lowest BCUT2D eigenvalue weighted by atomic mass is 10.1.